The van der Waals surface area contributed by atoms with Gasteiger partial charge in [0.15, 0.2) is 0 Å². The van der Waals surface area contributed by atoms with E-state index < -0.39 is 10.8 Å². The first kappa shape index (κ1) is 14.2. The zero-order valence-electron chi connectivity index (χ0n) is 12.9. The summed E-state index contributed by atoms with van der Waals surface area (Å²) in [4.78, 5) is 3.55. The zero-order valence-corrected chi connectivity index (χ0v) is 13.7. The van der Waals surface area contributed by atoms with E-state index in [2.05, 4.69) is 41.3 Å². The van der Waals surface area contributed by atoms with Gasteiger partial charge in [-0.05, 0) is 48.2 Å². The van der Waals surface area contributed by atoms with E-state index in [4.69, 9.17) is 0 Å². The number of fused-ring (bicyclic) bond motifs is 3. The van der Waals surface area contributed by atoms with Crippen molar-refractivity contribution >= 4 is 10.8 Å². The molecule has 2 nitrogen and oxygen atoms in total. The summed E-state index contributed by atoms with van der Waals surface area (Å²) >= 11 is 0. The summed E-state index contributed by atoms with van der Waals surface area (Å²) in [6.45, 7) is 2.32. The molecule has 0 radical (unpaired) electrons. The van der Waals surface area contributed by atoms with Gasteiger partial charge in [0, 0.05) is 40.5 Å². The zero-order chi connectivity index (χ0) is 15.1. The summed E-state index contributed by atoms with van der Waals surface area (Å²) < 4.78 is 11.6. The van der Waals surface area contributed by atoms with Crippen LogP contribution in [0.2, 0.25) is 0 Å². The molecule has 0 amide bonds. The van der Waals surface area contributed by atoms with E-state index in [-0.39, 0.29) is 0 Å². The second-order valence-corrected chi connectivity index (χ2v) is 7.74. The van der Waals surface area contributed by atoms with Crippen molar-refractivity contribution in [3.8, 4) is 0 Å². The Labute approximate surface area is 134 Å². The van der Waals surface area contributed by atoms with E-state index in [1.807, 2.05) is 12.1 Å². The monoisotopic (exact) mass is 311 g/mol. The minimum atomic E-state index is -0.902. The van der Waals surface area contributed by atoms with E-state index in [0.29, 0.717) is 12.0 Å². The molecule has 0 spiro atoms. The van der Waals surface area contributed by atoms with Crippen LogP contribution >= 0.6 is 0 Å². The second kappa shape index (κ2) is 5.64. The fourth-order valence-electron chi connectivity index (χ4n) is 4.04. The lowest BCUT2D eigenvalue weighted by molar-refractivity contribution is 0.230. The highest BCUT2D eigenvalue weighted by atomic mass is 32.2. The van der Waals surface area contributed by atoms with Crippen LogP contribution in [0.15, 0.2) is 53.4 Å². The fraction of sp³-hybridized carbons (Fsp3) is 0.368. The molecule has 3 heteroatoms. The summed E-state index contributed by atoms with van der Waals surface area (Å²) in [6, 6.07) is 17.9. The first-order valence-corrected chi connectivity index (χ1v) is 9.56. The summed E-state index contributed by atoms with van der Waals surface area (Å²) in [6.07, 6.45) is 4.33. The summed E-state index contributed by atoms with van der Waals surface area (Å²) in [5.74, 6) is 0.435. The Balaban J connectivity index is 1.75. The molecule has 2 heterocycles. The average molecular weight is 311 g/mol. The molecule has 114 valence electrons. The third-order valence-corrected chi connectivity index (χ3v) is 6.06. The van der Waals surface area contributed by atoms with Gasteiger partial charge in [0.1, 0.15) is 0 Å². The maximum Gasteiger partial charge on any atom is 0.0498 e. The van der Waals surface area contributed by atoms with E-state index in [1.54, 1.807) is 6.26 Å². The van der Waals surface area contributed by atoms with Crippen LogP contribution in [0.3, 0.4) is 0 Å². The summed E-state index contributed by atoms with van der Waals surface area (Å²) in [5, 5.41) is 0. The molecular formula is C19H21NOS. The minimum Gasteiger partial charge on any atom is -0.295 e. The third kappa shape index (κ3) is 2.33. The van der Waals surface area contributed by atoms with Gasteiger partial charge in [-0.3, -0.25) is 9.11 Å². The van der Waals surface area contributed by atoms with Gasteiger partial charge in [-0.2, -0.15) is 0 Å². The van der Waals surface area contributed by atoms with Crippen LogP contribution in [0.1, 0.15) is 41.5 Å². The van der Waals surface area contributed by atoms with E-state index >= 15 is 0 Å². The highest BCUT2D eigenvalue weighted by Crippen LogP contribution is 2.43. The van der Waals surface area contributed by atoms with E-state index in [1.165, 1.54) is 36.1 Å². The van der Waals surface area contributed by atoms with Crippen molar-refractivity contribution in [3.05, 3.63) is 65.2 Å². The molecule has 1 saturated heterocycles. The molecule has 1 fully saturated rings. The highest BCUT2D eigenvalue weighted by Gasteiger charge is 2.35. The third-order valence-electron chi connectivity index (χ3n) is 5.13. The van der Waals surface area contributed by atoms with Crippen molar-refractivity contribution in [2.24, 2.45) is 0 Å². The van der Waals surface area contributed by atoms with Crippen LogP contribution in [0.5, 0.6) is 0 Å². The first-order valence-electron chi connectivity index (χ1n) is 8.00. The molecule has 0 aromatic heterocycles. The Kier molecular flexibility index (Phi) is 3.63. The van der Waals surface area contributed by atoms with Crippen molar-refractivity contribution < 1.29 is 4.21 Å². The van der Waals surface area contributed by atoms with Gasteiger partial charge in [-0.15, -0.1) is 0 Å². The predicted octanol–water partition coefficient (Wildman–Crippen LogP) is 3.71. The number of rotatable bonds is 2. The largest absolute Gasteiger partial charge is 0.295 e. The molecule has 2 aliphatic heterocycles. The molecule has 22 heavy (non-hydrogen) atoms. The van der Waals surface area contributed by atoms with E-state index in [0.717, 1.165) is 11.4 Å². The summed E-state index contributed by atoms with van der Waals surface area (Å²) in [7, 11) is -0.902. The molecule has 1 unspecified atom stereocenters. The van der Waals surface area contributed by atoms with Crippen molar-refractivity contribution in [3.63, 3.8) is 0 Å². The molecule has 2 aromatic carbocycles. The maximum atomic E-state index is 11.6. The number of nitrogens with zero attached hydrogens (tertiary/aromatic N) is 1. The summed E-state index contributed by atoms with van der Waals surface area (Å²) in [5.41, 5.74) is 4.34. The Morgan fingerprint density at radius 2 is 1.77 bits per heavy atom. The maximum absolute atomic E-state index is 11.6. The quantitative estimate of drug-likeness (QED) is 0.843. The lowest BCUT2D eigenvalue weighted by Gasteiger charge is -2.37. The normalized spacial score (nSPS) is 25.5. The highest BCUT2D eigenvalue weighted by molar-refractivity contribution is 7.84. The fourth-order valence-corrected chi connectivity index (χ4v) is 4.56. The topological polar surface area (TPSA) is 20.3 Å². The smallest absolute Gasteiger partial charge is 0.0498 e. The molecule has 2 aromatic rings. The van der Waals surface area contributed by atoms with Gasteiger partial charge in [0.25, 0.3) is 0 Å². The molecule has 2 aliphatic rings. The van der Waals surface area contributed by atoms with E-state index in [9.17, 15) is 4.21 Å². The van der Waals surface area contributed by atoms with Crippen molar-refractivity contribution in [2.75, 3.05) is 19.3 Å². The molecule has 0 N–H and O–H groups in total. The van der Waals surface area contributed by atoms with Gasteiger partial charge < -0.3 is 0 Å². The Morgan fingerprint density at radius 3 is 2.50 bits per heavy atom. The van der Waals surface area contributed by atoms with Gasteiger partial charge in [0.05, 0.1) is 0 Å². The molecule has 3 atom stereocenters. The number of hydrogen-bond acceptors (Lipinski definition) is 2. The van der Waals surface area contributed by atoms with Gasteiger partial charge in [-0.25, -0.2) is 0 Å². The molecular weight excluding hydrogens is 290 g/mol. The van der Waals surface area contributed by atoms with Crippen LogP contribution in [0, 0.1) is 0 Å². The Hall–Kier alpha value is -1.45. The first-order chi connectivity index (χ1) is 10.7. The molecule has 0 bridgehead atoms. The van der Waals surface area contributed by atoms with Crippen molar-refractivity contribution in [2.45, 2.75) is 29.7 Å². The van der Waals surface area contributed by atoms with Crippen LogP contribution in [-0.2, 0) is 10.8 Å². The van der Waals surface area contributed by atoms with Crippen LogP contribution in [-0.4, -0.2) is 28.5 Å². The van der Waals surface area contributed by atoms with Gasteiger partial charge >= 0.3 is 0 Å². The van der Waals surface area contributed by atoms with Gasteiger partial charge in [-0.1, -0.05) is 36.4 Å². The van der Waals surface area contributed by atoms with Crippen LogP contribution < -0.4 is 0 Å². The molecule has 0 aliphatic carbocycles. The lowest BCUT2D eigenvalue weighted by Crippen LogP contribution is -2.34. The van der Waals surface area contributed by atoms with Crippen molar-refractivity contribution in [1.82, 2.24) is 4.90 Å². The second-order valence-electron chi connectivity index (χ2n) is 6.36. The Morgan fingerprint density at radius 1 is 1.05 bits per heavy atom. The SMILES string of the molecule is CS(=O)c1ccc([C@@H]2CN3CCC[C@@H]3c3ccccc32)cc1. The van der Waals surface area contributed by atoms with Crippen molar-refractivity contribution in [1.29, 1.82) is 0 Å². The van der Waals surface area contributed by atoms with Crippen LogP contribution in [0.25, 0.3) is 0 Å². The predicted molar refractivity (Wildman–Crippen MR) is 90.6 cm³/mol. The number of benzene rings is 2. The molecule has 4 rings (SSSR count). The standard InChI is InChI=1S/C19H21NOS/c1-22(21)15-10-8-14(9-11-15)18-13-20-12-4-7-19(20)17-6-3-2-5-16(17)18/h2-3,5-6,8-11,18-19H,4,7,12-13H2,1H3/t18-,19+,22?/m0/s1. The van der Waals surface area contributed by atoms with Gasteiger partial charge in [0.2, 0.25) is 0 Å². The lowest BCUT2D eigenvalue weighted by atomic mass is 9.82. The number of hydrogen-bond donors (Lipinski definition) is 0. The molecule has 0 saturated carbocycles. The Bertz CT molecular complexity index is 710. The minimum absolute atomic E-state index is 0.435. The van der Waals surface area contributed by atoms with Crippen LogP contribution in [0.4, 0.5) is 0 Å². The average Bonchev–Trinajstić information content (AvgIpc) is 3.03.